The van der Waals surface area contributed by atoms with Crippen LogP contribution in [0.15, 0.2) is 24.5 Å². The van der Waals surface area contributed by atoms with Crippen molar-refractivity contribution >= 4 is 11.7 Å². The Kier molecular flexibility index (Phi) is 3.65. The Morgan fingerprint density at radius 2 is 1.88 bits per heavy atom. The molecule has 0 aliphatic carbocycles. The Morgan fingerprint density at radius 1 is 1.29 bits per heavy atom. The van der Waals surface area contributed by atoms with Crippen molar-refractivity contribution in [2.24, 2.45) is 5.92 Å². The Bertz CT molecular complexity index is 452. The molecule has 0 saturated carbocycles. The Balaban J connectivity index is 3.10. The second kappa shape index (κ2) is 4.65. The number of alkyl halides is 3. The normalized spacial score (nSPS) is 11.6. The molecule has 1 aromatic heterocycles. The number of halogens is 3. The van der Waals surface area contributed by atoms with E-state index in [0.29, 0.717) is 4.57 Å². The zero-order valence-corrected chi connectivity index (χ0v) is 9.28. The van der Waals surface area contributed by atoms with Gasteiger partial charge in [-0.05, 0) is 6.07 Å². The van der Waals surface area contributed by atoms with Crippen LogP contribution in [0.3, 0.4) is 0 Å². The third-order valence-electron chi connectivity index (χ3n) is 2.09. The molecule has 6 heteroatoms. The van der Waals surface area contributed by atoms with E-state index in [-0.39, 0.29) is 17.3 Å². The van der Waals surface area contributed by atoms with Crippen molar-refractivity contribution in [1.82, 2.24) is 0 Å². The number of aromatic nitrogens is 1. The summed E-state index contributed by atoms with van der Waals surface area (Å²) in [5.74, 6) is -2.67. The quantitative estimate of drug-likeness (QED) is 0.591. The van der Waals surface area contributed by atoms with Crippen molar-refractivity contribution < 1.29 is 27.3 Å². The van der Waals surface area contributed by atoms with E-state index in [1.54, 1.807) is 13.8 Å². The lowest BCUT2D eigenvalue weighted by molar-refractivity contribution is -0.586. The van der Waals surface area contributed by atoms with Crippen LogP contribution in [0.2, 0.25) is 0 Å². The number of pyridine rings is 1. The van der Waals surface area contributed by atoms with Gasteiger partial charge in [-0.2, -0.15) is 13.2 Å². The first-order valence-electron chi connectivity index (χ1n) is 4.90. The molecule has 0 atom stereocenters. The SMILES string of the molecule is CC(C)C(=O)c1ccc[n+](C(=O)C(F)(F)F)c1. The van der Waals surface area contributed by atoms with Gasteiger partial charge < -0.3 is 0 Å². The number of hydrogen-bond donors (Lipinski definition) is 0. The number of ketones is 1. The van der Waals surface area contributed by atoms with Crippen LogP contribution in [0.5, 0.6) is 0 Å². The minimum Gasteiger partial charge on any atom is -0.294 e. The number of carbonyl (C=O) groups excluding carboxylic acids is 2. The number of carbonyl (C=O) groups is 2. The van der Waals surface area contributed by atoms with Crippen molar-refractivity contribution in [3.63, 3.8) is 0 Å². The summed E-state index contributed by atoms with van der Waals surface area (Å²) in [6.07, 6.45) is -3.09. The molecule has 0 unspecified atom stereocenters. The van der Waals surface area contributed by atoms with Crippen LogP contribution in [0.25, 0.3) is 0 Å². The number of hydrogen-bond acceptors (Lipinski definition) is 2. The highest BCUT2D eigenvalue weighted by molar-refractivity contribution is 5.97. The lowest BCUT2D eigenvalue weighted by atomic mass is 10.0. The lowest BCUT2D eigenvalue weighted by Crippen LogP contribution is -2.50. The maximum atomic E-state index is 12.2. The number of nitrogens with zero attached hydrogens (tertiary/aromatic N) is 1. The first kappa shape index (κ1) is 13.3. The summed E-state index contributed by atoms with van der Waals surface area (Å²) < 4.78 is 36.9. The predicted octanol–water partition coefficient (Wildman–Crippen LogP) is 2.02. The summed E-state index contributed by atoms with van der Waals surface area (Å²) in [5, 5.41) is 0. The smallest absolute Gasteiger partial charge is 0.294 e. The lowest BCUT2D eigenvalue weighted by Gasteiger charge is -2.03. The van der Waals surface area contributed by atoms with Gasteiger partial charge in [-0.15, -0.1) is 4.57 Å². The van der Waals surface area contributed by atoms with Crippen LogP contribution in [0.1, 0.15) is 29.0 Å². The van der Waals surface area contributed by atoms with Gasteiger partial charge >= 0.3 is 12.1 Å². The topological polar surface area (TPSA) is 38.0 Å². The van der Waals surface area contributed by atoms with Crippen LogP contribution in [0.4, 0.5) is 13.2 Å². The molecule has 0 aliphatic heterocycles. The van der Waals surface area contributed by atoms with Gasteiger partial charge in [-0.25, -0.2) is 4.79 Å². The third-order valence-corrected chi connectivity index (χ3v) is 2.09. The van der Waals surface area contributed by atoms with E-state index in [4.69, 9.17) is 0 Å². The van der Waals surface area contributed by atoms with Gasteiger partial charge in [-0.1, -0.05) is 13.8 Å². The summed E-state index contributed by atoms with van der Waals surface area (Å²) in [7, 11) is 0. The van der Waals surface area contributed by atoms with Crippen molar-refractivity contribution in [1.29, 1.82) is 0 Å². The monoisotopic (exact) mass is 246 g/mol. The Morgan fingerprint density at radius 3 is 2.35 bits per heavy atom. The van der Waals surface area contributed by atoms with Gasteiger partial charge in [0.15, 0.2) is 18.2 Å². The molecule has 0 amide bonds. The highest BCUT2D eigenvalue weighted by atomic mass is 19.4. The summed E-state index contributed by atoms with van der Waals surface area (Å²) >= 11 is 0. The zero-order valence-electron chi connectivity index (χ0n) is 9.28. The van der Waals surface area contributed by atoms with Gasteiger partial charge in [-0.3, -0.25) is 4.79 Å². The molecule has 0 fully saturated rings. The third kappa shape index (κ3) is 3.12. The Labute approximate surface area is 95.9 Å². The minimum absolute atomic E-state index is 0.0834. The molecule has 1 aromatic rings. The van der Waals surface area contributed by atoms with Gasteiger partial charge in [0.1, 0.15) is 0 Å². The van der Waals surface area contributed by atoms with E-state index in [1.807, 2.05) is 0 Å². The molecule has 0 aliphatic rings. The van der Waals surface area contributed by atoms with Crippen LogP contribution in [0, 0.1) is 5.92 Å². The van der Waals surface area contributed by atoms with E-state index in [2.05, 4.69) is 0 Å². The molecule has 0 spiro atoms. The predicted molar refractivity (Wildman–Crippen MR) is 52.5 cm³/mol. The maximum Gasteiger partial charge on any atom is 0.521 e. The fourth-order valence-electron chi connectivity index (χ4n) is 1.23. The molecule has 0 N–H and O–H groups in total. The summed E-state index contributed by atoms with van der Waals surface area (Å²) in [6, 6.07) is 2.61. The highest BCUT2D eigenvalue weighted by Crippen LogP contribution is 2.14. The molecule has 0 radical (unpaired) electrons. The number of Topliss-reactive ketones (excluding diaryl/α,β-unsaturated/α-hetero) is 1. The molecular formula is C11H11F3NO2+. The molecular weight excluding hydrogens is 235 g/mol. The second-order valence-corrected chi connectivity index (χ2v) is 3.82. The Hall–Kier alpha value is -1.72. The van der Waals surface area contributed by atoms with Crippen LogP contribution >= 0.6 is 0 Å². The van der Waals surface area contributed by atoms with Gasteiger partial charge in [0, 0.05) is 12.0 Å². The van der Waals surface area contributed by atoms with Crippen LogP contribution in [-0.4, -0.2) is 17.9 Å². The van der Waals surface area contributed by atoms with E-state index < -0.39 is 12.1 Å². The molecule has 0 bridgehead atoms. The van der Waals surface area contributed by atoms with Crippen molar-refractivity contribution in [2.75, 3.05) is 0 Å². The largest absolute Gasteiger partial charge is 0.521 e. The van der Waals surface area contributed by atoms with E-state index in [0.717, 1.165) is 12.4 Å². The van der Waals surface area contributed by atoms with Crippen molar-refractivity contribution in [3.8, 4) is 0 Å². The first-order valence-corrected chi connectivity index (χ1v) is 4.90. The standard InChI is InChI=1S/C11H11F3NO2/c1-7(2)9(16)8-4-3-5-15(6-8)10(17)11(12,13)14/h3-7H,1-2H3/q+1. The van der Waals surface area contributed by atoms with Crippen LogP contribution < -0.4 is 4.57 Å². The average molecular weight is 246 g/mol. The molecule has 0 aromatic carbocycles. The van der Waals surface area contributed by atoms with Gasteiger partial charge in [0.25, 0.3) is 0 Å². The molecule has 0 saturated heterocycles. The average Bonchev–Trinajstić information content (AvgIpc) is 2.25. The number of rotatable bonds is 2. The zero-order chi connectivity index (χ0) is 13.2. The highest BCUT2D eigenvalue weighted by Gasteiger charge is 2.47. The second-order valence-electron chi connectivity index (χ2n) is 3.82. The van der Waals surface area contributed by atoms with Gasteiger partial charge in [0.05, 0.1) is 5.56 Å². The fraction of sp³-hybridized carbons (Fsp3) is 0.364. The summed E-state index contributed by atoms with van der Waals surface area (Å²) in [5.41, 5.74) is 0.0834. The van der Waals surface area contributed by atoms with Crippen molar-refractivity contribution in [2.45, 2.75) is 20.0 Å². The molecule has 3 nitrogen and oxygen atoms in total. The first-order chi connectivity index (χ1) is 7.73. The van der Waals surface area contributed by atoms with Crippen LogP contribution in [-0.2, 0) is 0 Å². The molecule has 1 heterocycles. The van der Waals surface area contributed by atoms with Gasteiger partial charge in [0.2, 0.25) is 0 Å². The summed E-state index contributed by atoms with van der Waals surface area (Å²) in [4.78, 5) is 22.5. The maximum absolute atomic E-state index is 12.2. The fourth-order valence-corrected chi connectivity index (χ4v) is 1.23. The molecule has 1 rings (SSSR count). The van der Waals surface area contributed by atoms with E-state index in [1.165, 1.54) is 12.1 Å². The minimum atomic E-state index is -4.95. The summed E-state index contributed by atoms with van der Waals surface area (Å²) in [6.45, 7) is 3.26. The molecule has 92 valence electrons. The van der Waals surface area contributed by atoms with Crippen molar-refractivity contribution in [3.05, 3.63) is 30.1 Å². The van der Waals surface area contributed by atoms with E-state index in [9.17, 15) is 22.8 Å². The molecule has 17 heavy (non-hydrogen) atoms. The van der Waals surface area contributed by atoms with E-state index >= 15 is 0 Å².